The summed E-state index contributed by atoms with van der Waals surface area (Å²) in [6, 6.07) is 22.0. The number of hydrogen-bond acceptors (Lipinski definition) is 6. The maximum atomic E-state index is 13.1. The fourth-order valence-corrected chi connectivity index (χ4v) is 4.83. The van der Waals surface area contributed by atoms with Gasteiger partial charge in [-0.25, -0.2) is 0 Å². The molecule has 37 heavy (non-hydrogen) atoms. The van der Waals surface area contributed by atoms with Crippen molar-refractivity contribution >= 4 is 16.7 Å². The summed E-state index contributed by atoms with van der Waals surface area (Å²) in [4.78, 5) is 22.0. The molecule has 7 heteroatoms. The van der Waals surface area contributed by atoms with Crippen LogP contribution in [0.15, 0.2) is 72.9 Å². The van der Waals surface area contributed by atoms with Crippen LogP contribution in [-0.2, 0) is 6.54 Å². The molecule has 0 bridgehead atoms. The van der Waals surface area contributed by atoms with Gasteiger partial charge in [0.15, 0.2) is 11.5 Å². The summed E-state index contributed by atoms with van der Waals surface area (Å²) in [5.41, 5.74) is 3.63. The van der Waals surface area contributed by atoms with Gasteiger partial charge in [-0.1, -0.05) is 30.3 Å². The fraction of sp³-hybridized carbons (Fsp3) is 0.267. The number of fused-ring (bicyclic) bond motifs is 1. The first-order chi connectivity index (χ1) is 18.1. The highest BCUT2D eigenvalue weighted by molar-refractivity contribution is 5.98. The maximum Gasteiger partial charge on any atom is 0.253 e. The number of methoxy groups -OCH3 is 3. The van der Waals surface area contributed by atoms with Crippen LogP contribution in [0.2, 0.25) is 0 Å². The standard InChI is InChI=1S/C30H31N3O4/c1-35-27-18-25(19-28(36-2)29(27)37-3)26-16-21(10-11-31-26)20-32-12-14-33(15-13-32)30(34)24-9-8-22-6-4-5-7-23(22)17-24/h4-11,16-19H,12-15,20H2,1-3H3. The first kappa shape index (κ1) is 24.6. The van der Waals surface area contributed by atoms with Gasteiger partial charge in [0.05, 0.1) is 27.0 Å². The largest absolute Gasteiger partial charge is 0.493 e. The molecular weight excluding hydrogens is 466 g/mol. The lowest BCUT2D eigenvalue weighted by Gasteiger charge is -2.35. The van der Waals surface area contributed by atoms with Crippen molar-refractivity contribution in [3.8, 4) is 28.5 Å². The Hall–Kier alpha value is -4.10. The number of carbonyl (C=O) groups excluding carboxylic acids is 1. The predicted octanol–water partition coefficient (Wildman–Crippen LogP) is 4.89. The summed E-state index contributed by atoms with van der Waals surface area (Å²) in [6.07, 6.45) is 1.83. The van der Waals surface area contributed by atoms with Gasteiger partial charge < -0.3 is 19.1 Å². The Labute approximate surface area is 217 Å². The number of nitrogens with zero attached hydrogens (tertiary/aromatic N) is 3. The number of hydrogen-bond donors (Lipinski definition) is 0. The van der Waals surface area contributed by atoms with E-state index >= 15 is 0 Å². The number of pyridine rings is 1. The van der Waals surface area contributed by atoms with Crippen molar-refractivity contribution in [3.63, 3.8) is 0 Å². The normalized spacial score (nSPS) is 14.0. The second-order valence-electron chi connectivity index (χ2n) is 9.09. The molecule has 0 spiro atoms. The minimum Gasteiger partial charge on any atom is -0.493 e. The number of ether oxygens (including phenoxy) is 3. The maximum absolute atomic E-state index is 13.1. The molecule has 1 aliphatic heterocycles. The van der Waals surface area contributed by atoms with E-state index < -0.39 is 0 Å². The molecule has 0 atom stereocenters. The quantitative estimate of drug-likeness (QED) is 0.363. The summed E-state index contributed by atoms with van der Waals surface area (Å²) < 4.78 is 16.4. The molecule has 0 N–H and O–H groups in total. The van der Waals surface area contributed by atoms with Crippen molar-refractivity contribution in [2.24, 2.45) is 0 Å². The number of aromatic nitrogens is 1. The minimum atomic E-state index is 0.0963. The molecule has 7 nitrogen and oxygen atoms in total. The monoisotopic (exact) mass is 497 g/mol. The lowest BCUT2D eigenvalue weighted by atomic mass is 10.1. The van der Waals surface area contributed by atoms with Gasteiger partial charge in [-0.15, -0.1) is 0 Å². The highest BCUT2D eigenvalue weighted by atomic mass is 16.5. The summed E-state index contributed by atoms with van der Waals surface area (Å²) in [6.45, 7) is 3.84. The lowest BCUT2D eigenvalue weighted by molar-refractivity contribution is 0.0628. The lowest BCUT2D eigenvalue weighted by Crippen LogP contribution is -2.48. The van der Waals surface area contributed by atoms with Crippen LogP contribution < -0.4 is 14.2 Å². The van der Waals surface area contributed by atoms with Gasteiger partial charge in [0.1, 0.15) is 0 Å². The van der Waals surface area contributed by atoms with E-state index in [1.807, 2.05) is 65.7 Å². The average Bonchev–Trinajstić information content (AvgIpc) is 2.96. The molecule has 1 saturated heterocycles. The van der Waals surface area contributed by atoms with E-state index in [0.717, 1.165) is 52.8 Å². The third-order valence-corrected chi connectivity index (χ3v) is 6.85. The number of amides is 1. The van der Waals surface area contributed by atoms with Crippen molar-refractivity contribution in [1.82, 2.24) is 14.8 Å². The van der Waals surface area contributed by atoms with Crippen molar-refractivity contribution in [3.05, 3.63) is 84.1 Å². The molecule has 0 aliphatic carbocycles. The average molecular weight is 498 g/mol. The molecule has 1 aromatic heterocycles. The first-order valence-electron chi connectivity index (χ1n) is 12.4. The van der Waals surface area contributed by atoms with Crippen LogP contribution in [0.3, 0.4) is 0 Å². The van der Waals surface area contributed by atoms with E-state index in [9.17, 15) is 4.79 Å². The topological polar surface area (TPSA) is 64.1 Å². The van der Waals surface area contributed by atoms with Gasteiger partial charge in [0, 0.05) is 50.0 Å². The molecule has 2 heterocycles. The van der Waals surface area contributed by atoms with Gasteiger partial charge in [-0.05, 0) is 52.7 Å². The number of benzene rings is 3. The van der Waals surface area contributed by atoms with Crippen molar-refractivity contribution in [2.45, 2.75) is 6.54 Å². The summed E-state index contributed by atoms with van der Waals surface area (Å²) >= 11 is 0. The fourth-order valence-electron chi connectivity index (χ4n) is 4.83. The number of piperazine rings is 1. The Morgan fingerprint density at radius 1 is 0.811 bits per heavy atom. The molecule has 0 saturated carbocycles. The highest BCUT2D eigenvalue weighted by Crippen LogP contribution is 2.40. The SMILES string of the molecule is COc1cc(-c2cc(CN3CCN(C(=O)c4ccc5ccccc5c4)CC3)ccn2)cc(OC)c1OC. The van der Waals surface area contributed by atoms with Crippen LogP contribution in [0.5, 0.6) is 17.2 Å². The van der Waals surface area contributed by atoms with E-state index in [1.54, 1.807) is 21.3 Å². The summed E-state index contributed by atoms with van der Waals surface area (Å²) in [5, 5.41) is 2.24. The Kier molecular flexibility index (Phi) is 7.23. The Morgan fingerprint density at radius 3 is 2.19 bits per heavy atom. The minimum absolute atomic E-state index is 0.0963. The number of carbonyl (C=O) groups is 1. The van der Waals surface area contributed by atoms with Crippen molar-refractivity contribution in [2.75, 3.05) is 47.5 Å². The second-order valence-corrected chi connectivity index (χ2v) is 9.09. The van der Waals surface area contributed by atoms with Crippen molar-refractivity contribution < 1.29 is 19.0 Å². The summed E-state index contributed by atoms with van der Waals surface area (Å²) in [5.74, 6) is 1.84. The second kappa shape index (κ2) is 10.9. The molecule has 0 unspecified atom stereocenters. The highest BCUT2D eigenvalue weighted by Gasteiger charge is 2.23. The van der Waals surface area contributed by atoms with Crippen molar-refractivity contribution in [1.29, 1.82) is 0 Å². The zero-order valence-corrected chi connectivity index (χ0v) is 21.4. The zero-order valence-electron chi connectivity index (χ0n) is 21.4. The first-order valence-corrected chi connectivity index (χ1v) is 12.4. The van der Waals surface area contributed by atoms with E-state index in [-0.39, 0.29) is 5.91 Å². The Balaban J connectivity index is 1.25. The van der Waals surface area contributed by atoms with Crippen LogP contribution in [0.1, 0.15) is 15.9 Å². The van der Waals surface area contributed by atoms with E-state index in [1.165, 1.54) is 0 Å². The Morgan fingerprint density at radius 2 is 1.51 bits per heavy atom. The van der Waals surface area contributed by atoms with Gasteiger partial charge in [-0.2, -0.15) is 0 Å². The molecule has 1 aliphatic rings. The molecule has 1 fully saturated rings. The number of rotatable bonds is 7. The molecule has 1 amide bonds. The van der Waals surface area contributed by atoms with Crippen LogP contribution in [-0.4, -0.2) is 68.2 Å². The molecule has 5 rings (SSSR count). The van der Waals surface area contributed by atoms with Crippen LogP contribution in [0, 0.1) is 0 Å². The zero-order chi connectivity index (χ0) is 25.8. The third-order valence-electron chi connectivity index (χ3n) is 6.85. The molecule has 3 aromatic carbocycles. The van der Waals surface area contributed by atoms with Crippen LogP contribution >= 0.6 is 0 Å². The molecule has 0 radical (unpaired) electrons. The van der Waals surface area contributed by atoms with Crippen LogP contribution in [0.4, 0.5) is 0 Å². The Bertz CT molecular complexity index is 1390. The third kappa shape index (κ3) is 5.22. The molecule has 4 aromatic rings. The van der Waals surface area contributed by atoms with Gasteiger partial charge in [0.2, 0.25) is 5.75 Å². The van der Waals surface area contributed by atoms with Gasteiger partial charge in [-0.3, -0.25) is 14.7 Å². The molecule has 190 valence electrons. The van der Waals surface area contributed by atoms with E-state index in [0.29, 0.717) is 30.3 Å². The van der Waals surface area contributed by atoms with Crippen LogP contribution in [0.25, 0.3) is 22.0 Å². The van der Waals surface area contributed by atoms with Gasteiger partial charge >= 0.3 is 0 Å². The van der Waals surface area contributed by atoms with E-state index in [4.69, 9.17) is 14.2 Å². The van der Waals surface area contributed by atoms with Gasteiger partial charge in [0.25, 0.3) is 5.91 Å². The smallest absolute Gasteiger partial charge is 0.253 e. The predicted molar refractivity (Wildman–Crippen MR) is 144 cm³/mol. The molecular formula is C30H31N3O4. The van der Waals surface area contributed by atoms with E-state index in [2.05, 4.69) is 22.0 Å². The summed E-state index contributed by atoms with van der Waals surface area (Å²) in [7, 11) is 4.80.